The number of methoxy groups -OCH3 is 1. The van der Waals surface area contributed by atoms with Gasteiger partial charge in [0, 0.05) is 13.0 Å². The van der Waals surface area contributed by atoms with Gasteiger partial charge < -0.3 is 14.6 Å². The lowest BCUT2D eigenvalue weighted by Gasteiger charge is -2.16. The van der Waals surface area contributed by atoms with E-state index in [0.29, 0.717) is 18.8 Å². The number of rotatable bonds is 8. The van der Waals surface area contributed by atoms with E-state index in [2.05, 4.69) is 0 Å². The van der Waals surface area contributed by atoms with Crippen molar-refractivity contribution in [2.45, 2.75) is 39.2 Å². The molecule has 19 heavy (non-hydrogen) atoms. The zero-order valence-electron chi connectivity index (χ0n) is 11.8. The Bertz CT molecular complexity index is 415. The van der Waals surface area contributed by atoms with Crippen LogP contribution in [-0.2, 0) is 16.0 Å². The molecule has 0 bridgehead atoms. The summed E-state index contributed by atoms with van der Waals surface area (Å²) in [4.78, 5) is 11.2. The van der Waals surface area contributed by atoms with Crippen LogP contribution >= 0.6 is 0 Å². The second-order valence-corrected chi connectivity index (χ2v) is 4.57. The largest absolute Gasteiger partial charge is 0.496 e. The van der Waals surface area contributed by atoms with Gasteiger partial charge >= 0.3 is 5.97 Å². The molecule has 0 aliphatic rings. The van der Waals surface area contributed by atoms with E-state index in [1.807, 2.05) is 32.0 Å². The van der Waals surface area contributed by atoms with E-state index >= 15 is 0 Å². The normalized spacial score (nSPS) is 12.2. The quantitative estimate of drug-likeness (QED) is 0.735. The van der Waals surface area contributed by atoms with Gasteiger partial charge in [0.1, 0.15) is 5.75 Å². The van der Waals surface area contributed by atoms with Gasteiger partial charge in [-0.1, -0.05) is 31.0 Å². The van der Waals surface area contributed by atoms with E-state index in [0.717, 1.165) is 24.0 Å². The van der Waals surface area contributed by atoms with Gasteiger partial charge in [0.15, 0.2) is 6.10 Å². The van der Waals surface area contributed by atoms with E-state index < -0.39 is 12.1 Å². The van der Waals surface area contributed by atoms with Crippen molar-refractivity contribution in [3.8, 4) is 5.75 Å². The molecule has 4 heteroatoms. The molecule has 0 amide bonds. The fourth-order valence-corrected chi connectivity index (χ4v) is 1.85. The Morgan fingerprint density at radius 1 is 1.42 bits per heavy atom. The highest BCUT2D eigenvalue weighted by Gasteiger charge is 2.20. The van der Waals surface area contributed by atoms with Crippen molar-refractivity contribution in [2.75, 3.05) is 13.7 Å². The molecule has 0 unspecified atom stereocenters. The molecule has 1 aromatic carbocycles. The molecular formula is C15H22O4. The molecule has 4 nitrogen and oxygen atoms in total. The number of ether oxygens (including phenoxy) is 2. The summed E-state index contributed by atoms with van der Waals surface area (Å²) in [7, 11) is 1.59. The van der Waals surface area contributed by atoms with Gasteiger partial charge in [0.05, 0.1) is 7.11 Å². The van der Waals surface area contributed by atoms with Crippen molar-refractivity contribution in [1.29, 1.82) is 0 Å². The van der Waals surface area contributed by atoms with Gasteiger partial charge in [-0.05, 0) is 25.0 Å². The fourth-order valence-electron chi connectivity index (χ4n) is 1.85. The van der Waals surface area contributed by atoms with Gasteiger partial charge in [0.25, 0.3) is 0 Å². The van der Waals surface area contributed by atoms with E-state index in [1.54, 1.807) is 7.11 Å². The number of unbranched alkanes of at least 4 members (excludes halogenated alkanes) is 1. The third-order valence-electron chi connectivity index (χ3n) is 2.93. The molecule has 0 fully saturated rings. The Labute approximate surface area is 114 Å². The fraction of sp³-hybridized carbons (Fsp3) is 0.533. The first-order valence-electron chi connectivity index (χ1n) is 6.56. The molecule has 106 valence electrons. The van der Waals surface area contributed by atoms with Crippen LogP contribution in [0.4, 0.5) is 0 Å². The number of carboxylic acid groups (broad SMARTS) is 1. The van der Waals surface area contributed by atoms with Crippen molar-refractivity contribution in [3.63, 3.8) is 0 Å². The summed E-state index contributed by atoms with van der Waals surface area (Å²) in [5.41, 5.74) is 1.94. The number of aryl methyl sites for hydroxylation is 1. The molecule has 0 heterocycles. The molecule has 0 saturated carbocycles. The Morgan fingerprint density at radius 2 is 2.16 bits per heavy atom. The Balaban J connectivity index is 2.77. The molecular weight excluding hydrogens is 244 g/mol. The second kappa shape index (κ2) is 7.79. The summed E-state index contributed by atoms with van der Waals surface area (Å²) in [5.74, 6) is -0.226. The molecule has 0 saturated heterocycles. The molecule has 1 aromatic rings. The standard InChI is InChI=1S/C15H22O4/c1-4-5-8-19-14(15(16)17)10-12-9-11(2)6-7-13(12)18-3/h6-7,9,14H,4-5,8,10H2,1-3H3,(H,16,17)/t14-/m1/s1. The minimum absolute atomic E-state index is 0.323. The van der Waals surface area contributed by atoms with Crippen molar-refractivity contribution in [1.82, 2.24) is 0 Å². The van der Waals surface area contributed by atoms with Crippen LogP contribution in [0.1, 0.15) is 30.9 Å². The molecule has 0 aromatic heterocycles. The number of hydrogen-bond donors (Lipinski definition) is 1. The summed E-state index contributed by atoms with van der Waals surface area (Å²) in [6.45, 7) is 4.49. The van der Waals surface area contributed by atoms with Gasteiger partial charge in [0.2, 0.25) is 0 Å². The van der Waals surface area contributed by atoms with Gasteiger partial charge in [-0.25, -0.2) is 4.79 Å². The highest BCUT2D eigenvalue weighted by Crippen LogP contribution is 2.22. The predicted octanol–water partition coefficient (Wildman–Crippen LogP) is 2.82. The lowest BCUT2D eigenvalue weighted by atomic mass is 10.0. The maximum Gasteiger partial charge on any atom is 0.333 e. The first kappa shape index (κ1) is 15.5. The summed E-state index contributed by atoms with van der Waals surface area (Å²) in [5, 5.41) is 9.20. The van der Waals surface area contributed by atoms with E-state index in [1.165, 1.54) is 0 Å². The van der Waals surface area contributed by atoms with Crippen LogP contribution in [0.2, 0.25) is 0 Å². The van der Waals surface area contributed by atoms with Gasteiger partial charge in [-0.3, -0.25) is 0 Å². The zero-order valence-corrected chi connectivity index (χ0v) is 11.8. The third-order valence-corrected chi connectivity index (χ3v) is 2.93. The van der Waals surface area contributed by atoms with Crippen molar-refractivity contribution < 1.29 is 19.4 Å². The summed E-state index contributed by atoms with van der Waals surface area (Å²) < 4.78 is 10.7. The number of benzene rings is 1. The third kappa shape index (κ3) is 4.91. The van der Waals surface area contributed by atoms with Crippen LogP contribution in [0.25, 0.3) is 0 Å². The highest BCUT2D eigenvalue weighted by molar-refractivity contribution is 5.73. The number of carboxylic acids is 1. The topological polar surface area (TPSA) is 55.8 Å². The lowest BCUT2D eigenvalue weighted by Crippen LogP contribution is -2.27. The van der Waals surface area contributed by atoms with Crippen LogP contribution < -0.4 is 4.74 Å². The summed E-state index contributed by atoms with van der Waals surface area (Å²) in [6, 6.07) is 5.74. The Morgan fingerprint density at radius 3 is 2.74 bits per heavy atom. The number of carbonyl (C=O) groups is 1. The van der Waals surface area contributed by atoms with E-state index in [9.17, 15) is 9.90 Å². The van der Waals surface area contributed by atoms with Crippen molar-refractivity contribution in [3.05, 3.63) is 29.3 Å². The van der Waals surface area contributed by atoms with Crippen LogP contribution in [0, 0.1) is 6.92 Å². The SMILES string of the molecule is CCCCO[C@H](Cc1cc(C)ccc1OC)C(=O)O. The number of hydrogen-bond acceptors (Lipinski definition) is 3. The van der Waals surface area contributed by atoms with Crippen LogP contribution in [0.3, 0.4) is 0 Å². The minimum Gasteiger partial charge on any atom is -0.496 e. The zero-order chi connectivity index (χ0) is 14.3. The predicted molar refractivity (Wildman–Crippen MR) is 73.7 cm³/mol. The molecule has 1 atom stereocenters. The summed E-state index contributed by atoms with van der Waals surface area (Å²) >= 11 is 0. The summed E-state index contributed by atoms with van der Waals surface area (Å²) in [6.07, 6.45) is 1.36. The number of aliphatic carboxylic acids is 1. The highest BCUT2D eigenvalue weighted by atomic mass is 16.5. The Hall–Kier alpha value is -1.55. The first-order chi connectivity index (χ1) is 9.08. The monoisotopic (exact) mass is 266 g/mol. The smallest absolute Gasteiger partial charge is 0.333 e. The van der Waals surface area contributed by atoms with Gasteiger partial charge in [-0.2, -0.15) is 0 Å². The average Bonchev–Trinajstić information content (AvgIpc) is 2.38. The first-order valence-corrected chi connectivity index (χ1v) is 6.56. The molecule has 0 spiro atoms. The molecule has 0 radical (unpaired) electrons. The van der Waals surface area contributed by atoms with E-state index in [4.69, 9.17) is 9.47 Å². The maximum atomic E-state index is 11.2. The minimum atomic E-state index is -0.931. The molecule has 0 aliphatic carbocycles. The van der Waals surface area contributed by atoms with Gasteiger partial charge in [-0.15, -0.1) is 0 Å². The van der Waals surface area contributed by atoms with Crippen molar-refractivity contribution >= 4 is 5.97 Å². The average molecular weight is 266 g/mol. The molecule has 0 aliphatic heterocycles. The van der Waals surface area contributed by atoms with Crippen LogP contribution in [-0.4, -0.2) is 30.9 Å². The lowest BCUT2D eigenvalue weighted by molar-refractivity contribution is -0.150. The molecule has 1 N–H and O–H groups in total. The molecule has 1 rings (SSSR count). The Kier molecular flexibility index (Phi) is 6.36. The maximum absolute atomic E-state index is 11.2. The second-order valence-electron chi connectivity index (χ2n) is 4.57. The van der Waals surface area contributed by atoms with Crippen molar-refractivity contribution in [2.24, 2.45) is 0 Å². The van der Waals surface area contributed by atoms with Crippen LogP contribution in [0.15, 0.2) is 18.2 Å². The van der Waals surface area contributed by atoms with E-state index in [-0.39, 0.29) is 0 Å². The van der Waals surface area contributed by atoms with Crippen LogP contribution in [0.5, 0.6) is 5.75 Å².